The topological polar surface area (TPSA) is 117 Å². The summed E-state index contributed by atoms with van der Waals surface area (Å²) in [6.07, 6.45) is 2.63. The standard InChI is InChI=1S/C31H38BrN3O6/c1-3-5-9-16-33-29(38)27-31-17-22(32)26(41-31)24(28(37)34-20-12-14-21(15-13-20)40-4-2)25(31)30(39)35(27)23(18-36)19-10-7-6-8-11-19/h6-8,10-15,22-27,36H,3-5,9,16-18H2,1-2H3,(H,33,38)(H,34,37)/t22?,23-,24+,25+,26+,27?,31?/m1/s1. The van der Waals surface area contributed by atoms with E-state index in [2.05, 4.69) is 33.5 Å². The number of amides is 3. The van der Waals surface area contributed by atoms with E-state index in [9.17, 15) is 19.5 Å². The number of anilines is 1. The number of aliphatic hydroxyl groups is 1. The zero-order valence-electron chi connectivity index (χ0n) is 23.4. The lowest BCUT2D eigenvalue weighted by atomic mass is 9.70. The van der Waals surface area contributed by atoms with Gasteiger partial charge in [0.2, 0.25) is 17.7 Å². The molecule has 9 nitrogen and oxygen atoms in total. The summed E-state index contributed by atoms with van der Waals surface area (Å²) in [4.78, 5) is 43.4. The number of nitrogens with one attached hydrogen (secondary N) is 2. The Morgan fingerprint density at radius 3 is 2.51 bits per heavy atom. The number of ether oxygens (including phenoxy) is 2. The zero-order chi connectivity index (χ0) is 29.1. The number of carbonyl (C=O) groups excluding carboxylic acids is 3. The molecule has 1 spiro atoms. The van der Waals surface area contributed by atoms with Gasteiger partial charge in [-0.25, -0.2) is 0 Å². The lowest BCUT2D eigenvalue weighted by Gasteiger charge is -2.37. The maximum absolute atomic E-state index is 14.4. The Bertz CT molecular complexity index is 1240. The highest BCUT2D eigenvalue weighted by molar-refractivity contribution is 9.09. The lowest BCUT2D eigenvalue weighted by Crippen LogP contribution is -2.56. The molecule has 10 heteroatoms. The molecule has 0 saturated carbocycles. The third-order valence-corrected chi connectivity index (χ3v) is 9.33. The van der Waals surface area contributed by atoms with Gasteiger partial charge in [0.15, 0.2) is 0 Å². The van der Waals surface area contributed by atoms with Crippen LogP contribution in [-0.2, 0) is 19.1 Å². The SMILES string of the molecule is CCCCCNC(=O)C1N([C@H](CO)c2ccccc2)C(=O)[C@@H]2[C@H](C(=O)Nc3ccc(OCC)cc3)[C@H]3OC12CC3Br. The van der Waals surface area contributed by atoms with E-state index in [-0.39, 0.29) is 29.2 Å². The summed E-state index contributed by atoms with van der Waals surface area (Å²) >= 11 is 3.70. The monoisotopic (exact) mass is 627 g/mol. The number of aliphatic hydroxyl groups excluding tert-OH is 1. The van der Waals surface area contributed by atoms with E-state index in [4.69, 9.17) is 9.47 Å². The highest BCUT2D eigenvalue weighted by Crippen LogP contribution is 2.61. The van der Waals surface area contributed by atoms with Crippen molar-refractivity contribution in [3.63, 3.8) is 0 Å². The van der Waals surface area contributed by atoms with Crippen molar-refractivity contribution in [3.8, 4) is 5.75 Å². The van der Waals surface area contributed by atoms with Gasteiger partial charge in [0, 0.05) is 17.1 Å². The van der Waals surface area contributed by atoms with E-state index in [0.717, 1.165) is 19.3 Å². The minimum absolute atomic E-state index is 0.220. The van der Waals surface area contributed by atoms with Crippen molar-refractivity contribution >= 4 is 39.3 Å². The Kier molecular flexibility index (Phi) is 9.01. The van der Waals surface area contributed by atoms with Crippen LogP contribution >= 0.6 is 15.9 Å². The first-order chi connectivity index (χ1) is 19.9. The molecular formula is C31H38BrN3O6. The van der Waals surface area contributed by atoms with Gasteiger partial charge in [-0.3, -0.25) is 14.4 Å². The number of fused-ring (bicyclic) bond motifs is 1. The van der Waals surface area contributed by atoms with Crippen LogP contribution in [0.2, 0.25) is 0 Å². The van der Waals surface area contributed by atoms with Crippen molar-refractivity contribution in [1.82, 2.24) is 10.2 Å². The average Bonchev–Trinajstić information content (AvgIpc) is 3.57. The van der Waals surface area contributed by atoms with Crippen LogP contribution in [0.25, 0.3) is 0 Å². The minimum atomic E-state index is -1.20. The maximum Gasteiger partial charge on any atom is 0.245 e. The van der Waals surface area contributed by atoms with Gasteiger partial charge in [-0.15, -0.1) is 0 Å². The van der Waals surface area contributed by atoms with Crippen molar-refractivity contribution in [2.75, 3.05) is 25.1 Å². The van der Waals surface area contributed by atoms with Crippen LogP contribution in [0, 0.1) is 11.8 Å². The van der Waals surface area contributed by atoms with Gasteiger partial charge < -0.3 is 30.1 Å². The molecule has 41 heavy (non-hydrogen) atoms. The number of hydrogen-bond donors (Lipinski definition) is 3. The highest BCUT2D eigenvalue weighted by Gasteiger charge is 2.77. The van der Waals surface area contributed by atoms with Gasteiger partial charge in [0.1, 0.15) is 17.4 Å². The van der Waals surface area contributed by atoms with Crippen molar-refractivity contribution in [2.24, 2.45) is 11.8 Å². The van der Waals surface area contributed by atoms with E-state index < -0.39 is 35.6 Å². The number of alkyl halides is 1. The second kappa shape index (κ2) is 12.5. The van der Waals surface area contributed by atoms with E-state index in [1.165, 1.54) is 4.90 Å². The van der Waals surface area contributed by atoms with E-state index >= 15 is 0 Å². The molecule has 3 aliphatic rings. The molecule has 0 aromatic heterocycles. The molecule has 5 rings (SSSR count). The van der Waals surface area contributed by atoms with E-state index in [1.54, 1.807) is 24.3 Å². The summed E-state index contributed by atoms with van der Waals surface area (Å²) in [5.41, 5.74) is 0.0867. The zero-order valence-corrected chi connectivity index (χ0v) is 25.0. The minimum Gasteiger partial charge on any atom is -0.494 e. The Hall–Kier alpha value is -2.95. The number of unbranched alkanes of at least 4 members (excludes halogenated alkanes) is 2. The van der Waals surface area contributed by atoms with Crippen molar-refractivity contribution in [2.45, 2.75) is 68.1 Å². The fraction of sp³-hybridized carbons (Fsp3) is 0.516. The third kappa shape index (κ3) is 5.37. The second-order valence-electron chi connectivity index (χ2n) is 11.0. The Morgan fingerprint density at radius 2 is 1.85 bits per heavy atom. The van der Waals surface area contributed by atoms with E-state index in [1.807, 2.05) is 37.3 Å². The number of halogens is 1. The molecule has 3 heterocycles. The third-order valence-electron chi connectivity index (χ3n) is 8.48. The molecule has 2 bridgehead atoms. The quantitative estimate of drug-likeness (QED) is 0.243. The molecular weight excluding hydrogens is 590 g/mol. The first-order valence-electron chi connectivity index (χ1n) is 14.5. The number of likely N-dealkylation sites (tertiary alicyclic amines) is 1. The second-order valence-corrected chi connectivity index (χ2v) is 12.1. The summed E-state index contributed by atoms with van der Waals surface area (Å²) < 4.78 is 12.1. The van der Waals surface area contributed by atoms with Crippen molar-refractivity contribution in [1.29, 1.82) is 0 Å². The largest absolute Gasteiger partial charge is 0.494 e. The van der Waals surface area contributed by atoms with Crippen LogP contribution < -0.4 is 15.4 Å². The first kappa shape index (κ1) is 29.5. The molecule has 7 atom stereocenters. The van der Waals surface area contributed by atoms with E-state index in [0.29, 0.717) is 36.6 Å². The molecule has 3 unspecified atom stereocenters. The molecule has 0 radical (unpaired) electrons. The van der Waals surface area contributed by atoms with Crippen LogP contribution in [0.1, 0.15) is 51.1 Å². The highest BCUT2D eigenvalue weighted by atomic mass is 79.9. The smallest absolute Gasteiger partial charge is 0.245 e. The molecule has 2 aromatic rings. The number of benzene rings is 2. The summed E-state index contributed by atoms with van der Waals surface area (Å²) in [6.45, 7) is 4.63. The fourth-order valence-corrected chi connectivity index (χ4v) is 7.68. The predicted octanol–water partition coefficient (Wildman–Crippen LogP) is 3.81. The summed E-state index contributed by atoms with van der Waals surface area (Å²) in [5.74, 6) is -2.00. The molecule has 3 saturated heterocycles. The van der Waals surface area contributed by atoms with Gasteiger partial charge in [-0.05, 0) is 49.6 Å². The number of nitrogens with zero attached hydrogens (tertiary/aromatic N) is 1. The van der Waals surface area contributed by atoms with Crippen LogP contribution in [0.3, 0.4) is 0 Å². The summed E-state index contributed by atoms with van der Waals surface area (Å²) in [7, 11) is 0. The summed E-state index contributed by atoms with van der Waals surface area (Å²) in [5, 5.41) is 16.5. The molecule has 3 N–H and O–H groups in total. The van der Waals surface area contributed by atoms with Crippen LogP contribution in [0.5, 0.6) is 5.75 Å². The predicted molar refractivity (Wildman–Crippen MR) is 158 cm³/mol. The van der Waals surface area contributed by atoms with Gasteiger partial charge in [0.05, 0.1) is 37.2 Å². The Labute approximate surface area is 249 Å². The van der Waals surface area contributed by atoms with Gasteiger partial charge in [-0.1, -0.05) is 66.0 Å². The Balaban J connectivity index is 1.49. The van der Waals surface area contributed by atoms with Gasteiger partial charge in [0.25, 0.3) is 0 Å². The number of rotatable bonds is 12. The summed E-state index contributed by atoms with van der Waals surface area (Å²) in [6, 6.07) is 14.5. The lowest BCUT2D eigenvalue weighted by molar-refractivity contribution is -0.145. The van der Waals surface area contributed by atoms with Crippen LogP contribution in [0.4, 0.5) is 5.69 Å². The number of carbonyl (C=O) groups is 3. The maximum atomic E-state index is 14.4. The van der Waals surface area contributed by atoms with Crippen LogP contribution in [0.15, 0.2) is 54.6 Å². The van der Waals surface area contributed by atoms with Gasteiger partial charge >= 0.3 is 0 Å². The normalized spacial score (nSPS) is 28.8. The van der Waals surface area contributed by atoms with Crippen molar-refractivity contribution < 1.29 is 29.0 Å². The van der Waals surface area contributed by atoms with Crippen molar-refractivity contribution in [3.05, 3.63) is 60.2 Å². The molecule has 3 amide bonds. The first-order valence-corrected chi connectivity index (χ1v) is 15.4. The van der Waals surface area contributed by atoms with Gasteiger partial charge in [-0.2, -0.15) is 0 Å². The fourth-order valence-electron chi connectivity index (χ4n) is 6.74. The molecule has 220 valence electrons. The molecule has 2 aromatic carbocycles. The van der Waals surface area contributed by atoms with Crippen LogP contribution in [-0.4, -0.2) is 70.1 Å². The molecule has 3 fully saturated rings. The molecule has 3 aliphatic heterocycles. The average molecular weight is 629 g/mol. The molecule has 0 aliphatic carbocycles. The number of hydrogen-bond acceptors (Lipinski definition) is 6. The Morgan fingerprint density at radius 1 is 1.12 bits per heavy atom.